The van der Waals surface area contributed by atoms with Gasteiger partial charge in [-0.3, -0.25) is 13.9 Å². The summed E-state index contributed by atoms with van der Waals surface area (Å²) < 4.78 is 38.3. The van der Waals surface area contributed by atoms with Crippen LogP contribution in [0.15, 0.2) is 10.9 Å². The Balaban J connectivity index is 1.92. The number of hydrogen-bond acceptors (Lipinski definition) is 9. The number of aliphatic hydroxyl groups is 3. The molecule has 0 bridgehead atoms. The van der Waals surface area contributed by atoms with Gasteiger partial charge in [0.1, 0.15) is 23.8 Å². The molecule has 35 heavy (non-hydrogen) atoms. The van der Waals surface area contributed by atoms with Crippen LogP contribution in [0.1, 0.15) is 70.7 Å². The van der Waals surface area contributed by atoms with Crippen LogP contribution in [-0.4, -0.2) is 64.4 Å². The number of halogens is 1. The zero-order chi connectivity index (χ0) is 26.3. The zero-order valence-electron chi connectivity index (χ0n) is 20.4. The third-order valence-electron chi connectivity index (χ3n) is 6.95. The van der Waals surface area contributed by atoms with E-state index in [4.69, 9.17) is 9.26 Å². The number of H-pyrrole nitrogens is 1. The Hall–Kier alpha value is -1.79. The molecule has 1 aliphatic heterocycles. The van der Waals surface area contributed by atoms with E-state index in [0.29, 0.717) is 0 Å². The molecular weight excluding hydrogens is 484 g/mol. The number of nitrogens with one attached hydrogen (secondary N) is 1. The van der Waals surface area contributed by atoms with Crippen LogP contribution in [0.5, 0.6) is 0 Å². The molecule has 196 valence electrons. The average Bonchev–Trinajstić information content (AvgIpc) is 3.07. The minimum atomic E-state index is -4.51. The van der Waals surface area contributed by atoms with Gasteiger partial charge in [-0.2, -0.15) is 4.39 Å². The maximum Gasteiger partial charge on any atom is 0.359 e. The van der Waals surface area contributed by atoms with Crippen LogP contribution in [0.2, 0.25) is 0 Å². The number of aliphatic hydroxyl groups excluding tert-OH is 2. The summed E-state index contributed by atoms with van der Waals surface area (Å²) in [6, 6.07) is 1.25. The van der Waals surface area contributed by atoms with E-state index >= 15 is 0 Å². The van der Waals surface area contributed by atoms with Crippen molar-refractivity contribution in [3.8, 4) is 0 Å². The molecule has 6 atom stereocenters. The number of nitrogens with zero attached hydrogens (tertiary/aromatic N) is 2. The van der Waals surface area contributed by atoms with Crippen molar-refractivity contribution in [2.24, 2.45) is 0 Å². The van der Waals surface area contributed by atoms with E-state index in [9.17, 15) is 34.0 Å². The lowest BCUT2D eigenvalue weighted by molar-refractivity contribution is -0.0619. The summed E-state index contributed by atoms with van der Waals surface area (Å²) in [6.07, 6.45) is -4.97. The number of pyridine rings is 1. The first-order valence-corrected chi connectivity index (χ1v) is 13.1. The molecule has 0 amide bonds. The van der Waals surface area contributed by atoms with Gasteiger partial charge >= 0.3 is 7.60 Å². The van der Waals surface area contributed by atoms with Crippen molar-refractivity contribution in [1.82, 2.24) is 15.0 Å². The molecule has 0 aromatic carbocycles. The average molecular weight is 517 g/mol. The number of ether oxygens (including phenoxy) is 1. The largest absolute Gasteiger partial charge is 0.388 e. The maximum absolute atomic E-state index is 13.9. The monoisotopic (exact) mass is 517 g/mol. The van der Waals surface area contributed by atoms with Gasteiger partial charge in [0.25, 0.3) is 5.56 Å². The molecule has 0 radical (unpaired) electrons. The van der Waals surface area contributed by atoms with Crippen LogP contribution in [0.25, 0.3) is 11.2 Å². The van der Waals surface area contributed by atoms with Crippen LogP contribution < -0.4 is 5.56 Å². The molecule has 5 N–H and O–H groups in total. The highest BCUT2D eigenvalue weighted by molar-refractivity contribution is 7.54. The first-order valence-electron chi connectivity index (χ1n) is 11.6. The van der Waals surface area contributed by atoms with Crippen molar-refractivity contribution in [3.63, 3.8) is 0 Å². The smallest absolute Gasteiger partial charge is 0.359 e. The van der Waals surface area contributed by atoms with Crippen LogP contribution in [0.3, 0.4) is 0 Å². The molecule has 0 aliphatic carbocycles. The molecule has 1 aliphatic rings. The van der Waals surface area contributed by atoms with Crippen molar-refractivity contribution in [2.45, 2.75) is 95.7 Å². The molecule has 0 saturated carbocycles. The quantitative estimate of drug-likeness (QED) is 0.310. The van der Waals surface area contributed by atoms with Crippen LogP contribution in [0.4, 0.5) is 4.39 Å². The number of hydrogen-bond donors (Lipinski definition) is 5. The Morgan fingerprint density at radius 2 is 1.83 bits per heavy atom. The summed E-state index contributed by atoms with van der Waals surface area (Å²) in [5.41, 5.74) is -1.89. The van der Waals surface area contributed by atoms with E-state index in [-0.39, 0.29) is 48.1 Å². The van der Waals surface area contributed by atoms with E-state index in [1.807, 2.05) is 0 Å². The predicted octanol–water partition coefficient (Wildman–Crippen LogP) is 2.20. The van der Waals surface area contributed by atoms with Gasteiger partial charge in [0.2, 0.25) is 5.95 Å². The van der Waals surface area contributed by atoms with Crippen molar-refractivity contribution in [3.05, 3.63) is 33.6 Å². The molecule has 13 heteroatoms. The van der Waals surface area contributed by atoms with Crippen LogP contribution in [-0.2, 0) is 13.8 Å². The third-order valence-corrected chi connectivity index (χ3v) is 9.12. The fourth-order valence-electron chi connectivity index (χ4n) is 4.11. The lowest BCUT2D eigenvalue weighted by atomic mass is 9.88. The van der Waals surface area contributed by atoms with Crippen molar-refractivity contribution < 1.29 is 38.4 Å². The van der Waals surface area contributed by atoms with Crippen molar-refractivity contribution in [2.75, 3.05) is 0 Å². The Kier molecular flexibility index (Phi) is 7.88. The van der Waals surface area contributed by atoms with Crippen LogP contribution >= 0.6 is 7.60 Å². The second-order valence-corrected chi connectivity index (χ2v) is 11.4. The lowest BCUT2D eigenvalue weighted by Crippen LogP contribution is -2.41. The van der Waals surface area contributed by atoms with Gasteiger partial charge in [-0.05, 0) is 39.2 Å². The minimum Gasteiger partial charge on any atom is -0.388 e. The van der Waals surface area contributed by atoms with E-state index in [2.05, 4.69) is 15.0 Å². The molecule has 0 spiro atoms. The third kappa shape index (κ3) is 5.20. The first-order chi connectivity index (χ1) is 16.2. The summed E-state index contributed by atoms with van der Waals surface area (Å²) in [4.78, 5) is 33.4. The van der Waals surface area contributed by atoms with Gasteiger partial charge in [0, 0.05) is 6.42 Å². The highest BCUT2D eigenvalue weighted by atomic mass is 31.2. The first kappa shape index (κ1) is 27.8. The number of rotatable bonds is 9. The Morgan fingerprint density at radius 3 is 2.40 bits per heavy atom. The van der Waals surface area contributed by atoms with Gasteiger partial charge in [0.05, 0.1) is 23.0 Å². The molecule has 11 nitrogen and oxygen atoms in total. The zero-order valence-corrected chi connectivity index (χ0v) is 21.3. The maximum atomic E-state index is 13.9. The van der Waals surface area contributed by atoms with E-state index < -0.39 is 54.5 Å². The van der Waals surface area contributed by atoms with Gasteiger partial charge in [-0.1, -0.05) is 20.8 Å². The number of aromatic amines is 1. The Labute approximate surface area is 201 Å². The highest BCUT2D eigenvalue weighted by Gasteiger charge is 2.51. The fourth-order valence-corrected chi connectivity index (χ4v) is 5.57. The fraction of sp³-hybridized carbons (Fsp3) is 0.682. The second-order valence-electron chi connectivity index (χ2n) is 9.24. The molecule has 1 fully saturated rings. The molecule has 1 saturated heterocycles. The normalized spacial score (nSPS) is 26.6. The van der Waals surface area contributed by atoms with Gasteiger partial charge in [-0.15, -0.1) is 0 Å². The van der Waals surface area contributed by atoms with E-state index in [0.717, 1.165) is 0 Å². The van der Waals surface area contributed by atoms with Crippen molar-refractivity contribution >= 4 is 18.8 Å². The topological polar surface area (TPSA) is 175 Å². The van der Waals surface area contributed by atoms with Gasteiger partial charge in [0.15, 0.2) is 11.0 Å². The number of aromatic nitrogens is 3. The summed E-state index contributed by atoms with van der Waals surface area (Å²) in [5, 5.41) is 29.8. The summed E-state index contributed by atoms with van der Waals surface area (Å²) in [5.74, 6) is -0.814. The van der Waals surface area contributed by atoms with Crippen LogP contribution in [0, 0.1) is 12.9 Å². The Morgan fingerprint density at radius 1 is 1.20 bits per heavy atom. The lowest BCUT2D eigenvalue weighted by Gasteiger charge is -2.39. The van der Waals surface area contributed by atoms with Crippen molar-refractivity contribution in [1.29, 1.82) is 0 Å². The molecule has 3 heterocycles. The second kappa shape index (κ2) is 9.93. The summed E-state index contributed by atoms with van der Waals surface area (Å²) in [7, 11) is -4.51. The highest BCUT2D eigenvalue weighted by Crippen LogP contribution is 2.59. The summed E-state index contributed by atoms with van der Waals surface area (Å²) in [6.45, 7) is 7.62. The molecular formula is C22H33FN3O8P. The molecule has 3 rings (SSSR count). The Bertz CT molecular complexity index is 1190. The van der Waals surface area contributed by atoms with Gasteiger partial charge in [-0.25, -0.2) is 9.97 Å². The number of aryl methyl sites for hydroxylation is 1. The van der Waals surface area contributed by atoms with Gasteiger partial charge < -0.3 is 29.9 Å². The predicted molar refractivity (Wildman–Crippen MR) is 124 cm³/mol. The van der Waals surface area contributed by atoms with E-state index in [1.165, 1.54) is 19.9 Å². The summed E-state index contributed by atoms with van der Waals surface area (Å²) >= 11 is 0. The standard InChI is InChI=1S/C22H33FN3O8P/c1-6-21(5,30)35(31,32)34-22(7-2,8-3)10-14-15(27)16(28)17(33-14)12-9-13-19(26-20(12)29)24-11(4)18(23)25-13/h9,14-17,27-28,30H,6-8,10H2,1-5H3,(H,31,32)(H,24,26,29). The molecule has 2 aromatic heterocycles. The minimum absolute atomic E-state index is 0.00670. The number of fused-ring (bicyclic) bond motifs is 1. The molecule has 6 unspecified atom stereocenters. The SMILES string of the molecule is CCC(CC)(CC1OC(c2cc3nc(F)c(C)nc3[nH]c2=O)C(O)C1O)OP(=O)(O)C(C)(O)CC. The van der Waals surface area contributed by atoms with E-state index in [1.54, 1.807) is 20.8 Å². The molecule has 2 aromatic rings.